The topological polar surface area (TPSA) is 77.2 Å². The summed E-state index contributed by atoms with van der Waals surface area (Å²) >= 11 is 0. The molecule has 0 bridgehead atoms. The average molecular weight is 412 g/mol. The van der Waals surface area contributed by atoms with E-state index < -0.39 is 0 Å². The Kier molecular flexibility index (Phi) is 5.09. The van der Waals surface area contributed by atoms with Crippen LogP contribution in [0.4, 0.5) is 17.2 Å². The second-order valence-corrected chi connectivity index (χ2v) is 7.83. The molecule has 0 unspecified atom stereocenters. The van der Waals surface area contributed by atoms with E-state index in [1.807, 2.05) is 36.4 Å². The van der Waals surface area contributed by atoms with Gasteiger partial charge in [-0.05, 0) is 61.0 Å². The lowest BCUT2D eigenvalue weighted by Crippen LogP contribution is -2.44. The van der Waals surface area contributed by atoms with Crippen LogP contribution in [0.2, 0.25) is 0 Å². The first-order valence-electron chi connectivity index (χ1n) is 10.4. The van der Waals surface area contributed by atoms with Crippen molar-refractivity contribution < 1.29 is 0 Å². The number of fused-ring (bicyclic) bond motifs is 1. The maximum atomic E-state index is 12.6. The zero-order valence-corrected chi connectivity index (χ0v) is 17.4. The number of benzene rings is 1. The van der Waals surface area contributed by atoms with Gasteiger partial charge in [0.05, 0.1) is 11.1 Å². The third kappa shape index (κ3) is 4.00. The van der Waals surface area contributed by atoms with Gasteiger partial charge in [-0.3, -0.25) is 9.78 Å². The molecule has 7 heteroatoms. The van der Waals surface area contributed by atoms with Gasteiger partial charge >= 0.3 is 0 Å². The van der Waals surface area contributed by atoms with Gasteiger partial charge in [0.2, 0.25) is 0 Å². The highest BCUT2D eigenvalue weighted by Crippen LogP contribution is 2.28. The smallest absolute Gasteiger partial charge is 0.259 e. The number of nitrogens with one attached hydrogen (secondary N) is 2. The number of aromatic amines is 1. The molecule has 0 radical (unpaired) electrons. The Morgan fingerprint density at radius 1 is 1.03 bits per heavy atom. The van der Waals surface area contributed by atoms with Gasteiger partial charge in [0.15, 0.2) is 0 Å². The Hall–Kier alpha value is -3.71. The van der Waals surface area contributed by atoms with Crippen LogP contribution in [0.15, 0.2) is 71.9 Å². The highest BCUT2D eigenvalue weighted by atomic mass is 16.1. The Morgan fingerprint density at radius 2 is 1.84 bits per heavy atom. The highest BCUT2D eigenvalue weighted by molar-refractivity contribution is 5.95. The molecule has 3 aromatic heterocycles. The molecule has 0 spiro atoms. The fourth-order valence-corrected chi connectivity index (χ4v) is 3.92. The van der Waals surface area contributed by atoms with Gasteiger partial charge in [-0.25, -0.2) is 4.98 Å². The normalized spacial score (nSPS) is 14.7. The maximum Gasteiger partial charge on any atom is 0.259 e. The summed E-state index contributed by atoms with van der Waals surface area (Å²) in [7, 11) is 2.16. The third-order valence-electron chi connectivity index (χ3n) is 5.71. The van der Waals surface area contributed by atoms with Crippen molar-refractivity contribution in [2.75, 3.05) is 43.4 Å². The van der Waals surface area contributed by atoms with E-state index >= 15 is 0 Å². The number of likely N-dealkylation sites (N-methyl/N-ethyl adjacent to an activating group) is 1. The number of hydrogen-bond acceptors (Lipinski definition) is 6. The summed E-state index contributed by atoms with van der Waals surface area (Å²) in [5, 5.41) is 4.72. The van der Waals surface area contributed by atoms with E-state index in [1.54, 1.807) is 18.6 Å². The lowest BCUT2D eigenvalue weighted by atomic mass is 10.1. The lowest BCUT2D eigenvalue weighted by Gasteiger charge is -2.34. The van der Waals surface area contributed by atoms with Crippen LogP contribution in [-0.4, -0.2) is 53.1 Å². The van der Waals surface area contributed by atoms with E-state index in [-0.39, 0.29) is 5.56 Å². The first kappa shape index (κ1) is 19.3. The number of aromatic nitrogens is 3. The molecule has 1 aliphatic rings. The number of hydrogen-bond donors (Lipinski definition) is 2. The molecule has 156 valence electrons. The van der Waals surface area contributed by atoms with E-state index in [0.717, 1.165) is 48.5 Å². The van der Waals surface area contributed by atoms with Crippen molar-refractivity contribution in [2.24, 2.45) is 0 Å². The number of nitrogens with zero attached hydrogens (tertiary/aromatic N) is 4. The molecule has 1 saturated heterocycles. The van der Waals surface area contributed by atoms with Crippen LogP contribution in [0.1, 0.15) is 0 Å². The summed E-state index contributed by atoms with van der Waals surface area (Å²) in [5.41, 5.74) is 3.59. The zero-order chi connectivity index (χ0) is 21.2. The van der Waals surface area contributed by atoms with Crippen molar-refractivity contribution in [3.05, 3.63) is 77.5 Å². The first-order chi connectivity index (χ1) is 15.2. The van der Waals surface area contributed by atoms with Crippen LogP contribution < -0.4 is 15.8 Å². The summed E-state index contributed by atoms with van der Waals surface area (Å²) in [6.45, 7) is 4.19. The van der Waals surface area contributed by atoms with Gasteiger partial charge in [-0.1, -0.05) is 0 Å². The molecule has 4 aromatic rings. The molecule has 7 nitrogen and oxygen atoms in total. The molecule has 0 amide bonds. The molecule has 2 N–H and O–H groups in total. The molecule has 1 aromatic carbocycles. The van der Waals surface area contributed by atoms with Crippen molar-refractivity contribution >= 4 is 28.0 Å². The molecule has 0 atom stereocenters. The number of H-pyrrole nitrogens is 1. The minimum Gasteiger partial charge on any atom is -0.369 e. The number of anilines is 3. The number of piperazine rings is 1. The summed E-state index contributed by atoms with van der Waals surface area (Å²) in [6.07, 6.45) is 5.17. The third-order valence-corrected chi connectivity index (χ3v) is 5.71. The second kappa shape index (κ2) is 8.20. The van der Waals surface area contributed by atoms with Crippen LogP contribution in [0, 0.1) is 0 Å². The molecular formula is C24H24N6O. The Bertz CT molecular complexity index is 1240. The molecule has 0 saturated carbocycles. The molecule has 31 heavy (non-hydrogen) atoms. The van der Waals surface area contributed by atoms with Crippen LogP contribution in [0.5, 0.6) is 0 Å². The van der Waals surface area contributed by atoms with Gasteiger partial charge < -0.3 is 20.1 Å². The van der Waals surface area contributed by atoms with Crippen molar-refractivity contribution in [3.8, 4) is 11.3 Å². The van der Waals surface area contributed by atoms with E-state index in [1.165, 1.54) is 5.69 Å². The van der Waals surface area contributed by atoms with Crippen molar-refractivity contribution in [3.63, 3.8) is 0 Å². The molecule has 1 fully saturated rings. The summed E-state index contributed by atoms with van der Waals surface area (Å²) in [6, 6.07) is 16.0. The fraction of sp³-hybridized carbons (Fsp3) is 0.208. The Labute approximate surface area is 180 Å². The summed E-state index contributed by atoms with van der Waals surface area (Å²) < 4.78 is 0. The fourth-order valence-electron chi connectivity index (χ4n) is 3.92. The molecule has 5 rings (SSSR count). The highest BCUT2D eigenvalue weighted by Gasteiger charge is 2.15. The van der Waals surface area contributed by atoms with Gasteiger partial charge in [0.1, 0.15) is 5.82 Å². The minimum atomic E-state index is -0.167. The van der Waals surface area contributed by atoms with Crippen molar-refractivity contribution in [2.45, 2.75) is 0 Å². The maximum absolute atomic E-state index is 12.6. The van der Waals surface area contributed by atoms with Crippen LogP contribution in [-0.2, 0) is 0 Å². The van der Waals surface area contributed by atoms with E-state index in [4.69, 9.17) is 4.98 Å². The lowest BCUT2D eigenvalue weighted by molar-refractivity contribution is 0.313. The summed E-state index contributed by atoms with van der Waals surface area (Å²) in [4.78, 5) is 29.0. The molecular weight excluding hydrogens is 388 g/mol. The van der Waals surface area contributed by atoms with Crippen LogP contribution in [0.25, 0.3) is 22.0 Å². The van der Waals surface area contributed by atoms with E-state index in [2.05, 4.69) is 44.3 Å². The molecule has 4 heterocycles. The van der Waals surface area contributed by atoms with Crippen molar-refractivity contribution in [1.82, 2.24) is 19.9 Å². The van der Waals surface area contributed by atoms with Crippen LogP contribution in [0.3, 0.4) is 0 Å². The molecule has 1 aliphatic heterocycles. The number of rotatable bonds is 4. The Morgan fingerprint density at radius 3 is 2.58 bits per heavy atom. The second-order valence-electron chi connectivity index (χ2n) is 7.83. The predicted molar refractivity (Wildman–Crippen MR) is 125 cm³/mol. The monoisotopic (exact) mass is 412 g/mol. The molecule has 0 aliphatic carbocycles. The first-order valence-corrected chi connectivity index (χ1v) is 10.4. The van der Waals surface area contributed by atoms with Crippen LogP contribution >= 0.6 is 0 Å². The number of pyridine rings is 3. The van der Waals surface area contributed by atoms with E-state index in [0.29, 0.717) is 11.2 Å². The largest absolute Gasteiger partial charge is 0.369 e. The van der Waals surface area contributed by atoms with Gasteiger partial charge in [0, 0.05) is 61.7 Å². The standard InChI is InChI=1S/C24H24N6O/c1-29-11-13-30(14-12-29)20-6-4-19(5-7-20)27-23-22-17(8-10-26-24(22)31)15-21(28-23)18-3-2-9-25-16-18/h2-10,15-16H,11-14H2,1H3,(H,26,31)(H,27,28). The quantitative estimate of drug-likeness (QED) is 0.534. The van der Waals surface area contributed by atoms with E-state index in [9.17, 15) is 4.79 Å². The van der Waals surface area contributed by atoms with Gasteiger partial charge in [-0.2, -0.15) is 0 Å². The predicted octanol–water partition coefficient (Wildman–Crippen LogP) is 3.48. The zero-order valence-electron chi connectivity index (χ0n) is 17.4. The van der Waals surface area contributed by atoms with Gasteiger partial charge in [-0.15, -0.1) is 0 Å². The summed E-state index contributed by atoms with van der Waals surface area (Å²) in [5.74, 6) is 0.533. The Balaban J connectivity index is 1.49. The van der Waals surface area contributed by atoms with Gasteiger partial charge in [0.25, 0.3) is 5.56 Å². The SMILES string of the molecule is CN1CCN(c2ccc(Nc3nc(-c4cccnc4)cc4cc[nH]c(=O)c34)cc2)CC1. The minimum absolute atomic E-state index is 0.167. The van der Waals surface area contributed by atoms with Crippen molar-refractivity contribution in [1.29, 1.82) is 0 Å². The average Bonchev–Trinajstić information content (AvgIpc) is 2.81.